The van der Waals surface area contributed by atoms with Gasteiger partial charge in [0.05, 0.1) is 36.7 Å². The highest BCUT2D eigenvalue weighted by Gasteiger charge is 2.22. The second kappa shape index (κ2) is 9.32. The van der Waals surface area contributed by atoms with E-state index in [0.29, 0.717) is 17.9 Å². The summed E-state index contributed by atoms with van der Waals surface area (Å²) in [6.45, 7) is 0. The van der Waals surface area contributed by atoms with Gasteiger partial charge in [0.25, 0.3) is 0 Å². The number of hydrogen-bond donors (Lipinski definition) is 1. The number of hydrogen-bond acceptors (Lipinski definition) is 5. The molecule has 0 bridgehead atoms. The van der Waals surface area contributed by atoms with Crippen molar-refractivity contribution in [2.24, 2.45) is 0 Å². The number of fused-ring (bicyclic) bond motifs is 3. The number of methoxy groups -OCH3 is 2. The van der Waals surface area contributed by atoms with Crippen LogP contribution in [0.25, 0.3) is 38.8 Å². The molecule has 0 radical (unpaired) electrons. The lowest BCUT2D eigenvalue weighted by Gasteiger charge is -2.14. The molecule has 0 unspecified atom stereocenters. The van der Waals surface area contributed by atoms with Gasteiger partial charge in [0.15, 0.2) is 17.1 Å². The SMILES string of the molecule is COc1cc2c(-c3ccc(O)cc3)nc3c(c(Cc4ccccc4)nn3-c3ccccc3)c2cc1OC. The molecule has 0 saturated carbocycles. The maximum atomic E-state index is 9.90. The normalized spacial score (nSPS) is 11.2. The molecule has 6 heteroatoms. The summed E-state index contributed by atoms with van der Waals surface area (Å²) in [5, 5.41) is 17.8. The first-order valence-electron chi connectivity index (χ1n) is 12.0. The summed E-state index contributed by atoms with van der Waals surface area (Å²) < 4.78 is 13.3. The van der Waals surface area contributed by atoms with Crippen LogP contribution in [-0.4, -0.2) is 34.1 Å². The van der Waals surface area contributed by atoms with Crippen LogP contribution in [0.5, 0.6) is 17.2 Å². The predicted octanol–water partition coefficient (Wildman–Crippen LogP) is 6.55. The highest BCUT2D eigenvalue weighted by Crippen LogP contribution is 2.41. The zero-order valence-corrected chi connectivity index (χ0v) is 20.6. The molecular weight excluding hydrogens is 462 g/mol. The molecule has 2 aromatic heterocycles. The van der Waals surface area contributed by atoms with Gasteiger partial charge in [-0.3, -0.25) is 0 Å². The molecule has 0 aliphatic rings. The highest BCUT2D eigenvalue weighted by atomic mass is 16.5. The molecule has 37 heavy (non-hydrogen) atoms. The maximum Gasteiger partial charge on any atom is 0.164 e. The minimum absolute atomic E-state index is 0.202. The van der Waals surface area contributed by atoms with Crippen molar-refractivity contribution in [2.45, 2.75) is 6.42 Å². The van der Waals surface area contributed by atoms with Gasteiger partial charge < -0.3 is 14.6 Å². The minimum Gasteiger partial charge on any atom is -0.508 e. The number of para-hydroxylation sites is 1. The summed E-state index contributed by atoms with van der Waals surface area (Å²) in [6.07, 6.45) is 0.654. The van der Waals surface area contributed by atoms with Crippen molar-refractivity contribution >= 4 is 21.8 Å². The Morgan fingerprint density at radius 1 is 0.757 bits per heavy atom. The Morgan fingerprint density at radius 3 is 2.03 bits per heavy atom. The molecule has 2 heterocycles. The van der Waals surface area contributed by atoms with Gasteiger partial charge in [-0.1, -0.05) is 48.5 Å². The van der Waals surface area contributed by atoms with Crippen molar-refractivity contribution < 1.29 is 14.6 Å². The minimum atomic E-state index is 0.202. The number of ether oxygens (including phenoxy) is 2. The number of benzene rings is 4. The smallest absolute Gasteiger partial charge is 0.164 e. The predicted molar refractivity (Wildman–Crippen MR) is 146 cm³/mol. The molecule has 0 amide bonds. The average Bonchev–Trinajstić information content (AvgIpc) is 3.31. The van der Waals surface area contributed by atoms with E-state index in [1.165, 1.54) is 5.56 Å². The number of phenols is 1. The lowest BCUT2D eigenvalue weighted by Crippen LogP contribution is -1.99. The Bertz CT molecular complexity index is 1710. The Kier molecular flexibility index (Phi) is 5.69. The van der Waals surface area contributed by atoms with Crippen LogP contribution in [0.15, 0.2) is 97.1 Å². The van der Waals surface area contributed by atoms with Crippen molar-refractivity contribution in [3.63, 3.8) is 0 Å². The van der Waals surface area contributed by atoms with E-state index in [4.69, 9.17) is 19.6 Å². The van der Waals surface area contributed by atoms with E-state index < -0.39 is 0 Å². The van der Waals surface area contributed by atoms with Crippen LogP contribution in [0.4, 0.5) is 0 Å². The lowest BCUT2D eigenvalue weighted by molar-refractivity contribution is 0.356. The van der Waals surface area contributed by atoms with Crippen LogP contribution in [0.3, 0.4) is 0 Å². The van der Waals surface area contributed by atoms with E-state index in [1.807, 2.05) is 77.5 Å². The molecular formula is C31H25N3O3. The van der Waals surface area contributed by atoms with E-state index in [0.717, 1.165) is 44.4 Å². The van der Waals surface area contributed by atoms with Gasteiger partial charge in [0.1, 0.15) is 5.75 Å². The van der Waals surface area contributed by atoms with Gasteiger partial charge in [-0.15, -0.1) is 0 Å². The Labute approximate surface area is 214 Å². The second-order valence-corrected chi connectivity index (χ2v) is 8.82. The Morgan fingerprint density at radius 2 is 1.38 bits per heavy atom. The second-order valence-electron chi connectivity index (χ2n) is 8.82. The molecule has 0 aliphatic heterocycles. The lowest BCUT2D eigenvalue weighted by atomic mass is 9.98. The Balaban J connectivity index is 1.74. The first-order valence-corrected chi connectivity index (χ1v) is 12.0. The topological polar surface area (TPSA) is 69.4 Å². The molecule has 6 nitrogen and oxygen atoms in total. The van der Waals surface area contributed by atoms with Crippen LogP contribution in [0, 0.1) is 0 Å². The van der Waals surface area contributed by atoms with Crippen molar-refractivity contribution in [1.29, 1.82) is 0 Å². The van der Waals surface area contributed by atoms with Gasteiger partial charge in [0.2, 0.25) is 0 Å². The fourth-order valence-corrected chi connectivity index (χ4v) is 4.78. The average molecular weight is 488 g/mol. The molecule has 0 fully saturated rings. The molecule has 6 rings (SSSR count). The largest absolute Gasteiger partial charge is 0.508 e. The van der Waals surface area contributed by atoms with Crippen molar-refractivity contribution in [2.75, 3.05) is 14.2 Å². The summed E-state index contributed by atoms with van der Waals surface area (Å²) >= 11 is 0. The summed E-state index contributed by atoms with van der Waals surface area (Å²) in [7, 11) is 3.27. The molecule has 0 saturated heterocycles. The first kappa shape index (κ1) is 22.6. The van der Waals surface area contributed by atoms with Crippen LogP contribution in [0.2, 0.25) is 0 Å². The number of phenolic OH excluding ortho intramolecular Hbond substituents is 1. The molecule has 0 spiro atoms. The Hall–Kier alpha value is -4.84. The molecule has 4 aromatic carbocycles. The molecule has 182 valence electrons. The zero-order chi connectivity index (χ0) is 25.4. The van der Waals surface area contributed by atoms with Crippen LogP contribution >= 0.6 is 0 Å². The van der Waals surface area contributed by atoms with Crippen LogP contribution < -0.4 is 9.47 Å². The van der Waals surface area contributed by atoms with Gasteiger partial charge in [0, 0.05) is 22.8 Å². The third-order valence-electron chi connectivity index (χ3n) is 6.56. The molecule has 6 aromatic rings. The number of rotatable bonds is 6. The van der Waals surface area contributed by atoms with E-state index in [1.54, 1.807) is 26.4 Å². The molecule has 1 N–H and O–H groups in total. The number of aromatic hydroxyl groups is 1. The van der Waals surface area contributed by atoms with E-state index in [-0.39, 0.29) is 5.75 Å². The summed E-state index contributed by atoms with van der Waals surface area (Å²) in [5.74, 6) is 1.46. The maximum absolute atomic E-state index is 9.90. The number of pyridine rings is 1. The number of aromatic nitrogens is 3. The van der Waals surface area contributed by atoms with Gasteiger partial charge in [-0.25, -0.2) is 9.67 Å². The van der Waals surface area contributed by atoms with E-state index >= 15 is 0 Å². The van der Waals surface area contributed by atoms with Crippen molar-refractivity contribution in [3.8, 4) is 34.2 Å². The fourth-order valence-electron chi connectivity index (χ4n) is 4.78. The summed E-state index contributed by atoms with van der Waals surface area (Å²) in [5.41, 5.74) is 5.41. The monoisotopic (exact) mass is 487 g/mol. The van der Waals surface area contributed by atoms with Crippen LogP contribution in [0.1, 0.15) is 11.3 Å². The van der Waals surface area contributed by atoms with Crippen molar-refractivity contribution in [1.82, 2.24) is 14.8 Å². The van der Waals surface area contributed by atoms with E-state index in [2.05, 4.69) is 12.1 Å². The number of nitrogens with zero attached hydrogens (tertiary/aromatic N) is 3. The molecule has 0 aliphatic carbocycles. The van der Waals surface area contributed by atoms with Crippen LogP contribution in [-0.2, 0) is 6.42 Å². The third kappa shape index (κ3) is 4.02. The first-order chi connectivity index (χ1) is 18.2. The zero-order valence-electron chi connectivity index (χ0n) is 20.6. The van der Waals surface area contributed by atoms with E-state index in [9.17, 15) is 5.11 Å². The highest BCUT2D eigenvalue weighted by molar-refractivity contribution is 6.12. The van der Waals surface area contributed by atoms with Gasteiger partial charge >= 0.3 is 0 Å². The quantitative estimate of drug-likeness (QED) is 0.288. The third-order valence-corrected chi connectivity index (χ3v) is 6.56. The summed E-state index contributed by atoms with van der Waals surface area (Å²) in [6, 6.07) is 31.4. The standard InChI is InChI=1S/C31H25N3O3/c1-36-27-18-24-25(19-28(27)37-2)30(21-13-15-23(35)16-14-21)32-31-29(24)26(17-20-9-5-3-6-10-20)33-34(31)22-11-7-4-8-12-22/h3-16,18-19,35H,17H2,1-2H3. The summed E-state index contributed by atoms with van der Waals surface area (Å²) in [4.78, 5) is 5.20. The molecule has 0 atom stereocenters. The van der Waals surface area contributed by atoms with Gasteiger partial charge in [-0.2, -0.15) is 5.10 Å². The fraction of sp³-hybridized carbons (Fsp3) is 0.0968. The van der Waals surface area contributed by atoms with Crippen molar-refractivity contribution in [3.05, 3.63) is 108 Å². The van der Waals surface area contributed by atoms with Gasteiger partial charge in [-0.05, 0) is 54.1 Å².